The zero-order valence-corrected chi connectivity index (χ0v) is 17.3. The van der Waals surface area contributed by atoms with Gasteiger partial charge in [-0.05, 0) is 31.0 Å². The number of carbonyl (C=O) groups excluding carboxylic acids is 1. The fourth-order valence-electron chi connectivity index (χ4n) is 4.01. The molecule has 2 aliphatic rings. The standard InChI is InChI=1S/C23H23FN4O4/c24-17-10-18(27-23(30)22-13-31-20-3-1-2-4-21(20)32-22)19(28-7-5-15(29)6-8-28)9-16(17)14-11-25-26-12-14/h1-4,9-12,15,22,29H,5-8,13H2,(H,25,26)(H,27,30). The fraction of sp³-hybridized carbons (Fsp3) is 0.304. The molecule has 0 radical (unpaired) electrons. The van der Waals surface area contributed by atoms with Gasteiger partial charge in [0.2, 0.25) is 6.10 Å². The van der Waals surface area contributed by atoms with Crippen molar-refractivity contribution < 1.29 is 23.8 Å². The van der Waals surface area contributed by atoms with Gasteiger partial charge in [-0.2, -0.15) is 5.10 Å². The second-order valence-electron chi connectivity index (χ2n) is 7.91. The van der Waals surface area contributed by atoms with Crippen molar-refractivity contribution in [1.82, 2.24) is 10.2 Å². The number of H-pyrrole nitrogens is 1. The van der Waals surface area contributed by atoms with Gasteiger partial charge in [-0.1, -0.05) is 12.1 Å². The molecule has 8 nitrogen and oxygen atoms in total. The Morgan fingerprint density at radius 2 is 2.00 bits per heavy atom. The summed E-state index contributed by atoms with van der Waals surface area (Å²) in [5.74, 6) is 0.173. The molecule has 0 aliphatic carbocycles. The summed E-state index contributed by atoms with van der Waals surface area (Å²) in [6.07, 6.45) is 3.14. The largest absolute Gasteiger partial charge is 0.485 e. The van der Waals surface area contributed by atoms with E-state index >= 15 is 4.39 Å². The number of para-hydroxylation sites is 2. The van der Waals surface area contributed by atoms with Gasteiger partial charge in [0.15, 0.2) is 11.5 Å². The highest BCUT2D eigenvalue weighted by Gasteiger charge is 2.29. The van der Waals surface area contributed by atoms with Crippen LogP contribution in [0.25, 0.3) is 11.1 Å². The number of hydrogen-bond acceptors (Lipinski definition) is 6. The second-order valence-corrected chi connectivity index (χ2v) is 7.91. The van der Waals surface area contributed by atoms with E-state index in [1.165, 1.54) is 6.07 Å². The molecule has 3 aromatic rings. The van der Waals surface area contributed by atoms with Crippen LogP contribution in [-0.2, 0) is 4.79 Å². The Labute approximate surface area is 184 Å². The number of anilines is 2. The quantitative estimate of drug-likeness (QED) is 0.579. The molecule has 0 bridgehead atoms. The Hall–Kier alpha value is -3.59. The number of nitrogens with zero attached hydrogens (tertiary/aromatic N) is 2. The van der Waals surface area contributed by atoms with E-state index in [-0.39, 0.29) is 12.7 Å². The third-order valence-corrected chi connectivity index (χ3v) is 5.76. The van der Waals surface area contributed by atoms with Crippen molar-refractivity contribution in [3.05, 3.63) is 54.6 Å². The Morgan fingerprint density at radius 1 is 1.22 bits per heavy atom. The first-order valence-corrected chi connectivity index (χ1v) is 10.5. The zero-order chi connectivity index (χ0) is 22.1. The number of aliphatic hydroxyl groups excluding tert-OH is 1. The molecular formula is C23H23FN4O4. The molecule has 1 amide bonds. The van der Waals surface area contributed by atoms with E-state index in [2.05, 4.69) is 15.5 Å². The number of hydrogen-bond donors (Lipinski definition) is 3. The van der Waals surface area contributed by atoms with Crippen LogP contribution >= 0.6 is 0 Å². The van der Waals surface area contributed by atoms with Crippen molar-refractivity contribution in [3.63, 3.8) is 0 Å². The number of rotatable bonds is 4. The van der Waals surface area contributed by atoms with Crippen LogP contribution in [0.1, 0.15) is 12.8 Å². The number of ether oxygens (including phenoxy) is 2. The van der Waals surface area contributed by atoms with Crippen LogP contribution in [-0.4, -0.2) is 53.1 Å². The van der Waals surface area contributed by atoms with Gasteiger partial charge in [0, 0.05) is 36.5 Å². The molecular weight excluding hydrogens is 415 g/mol. The van der Waals surface area contributed by atoms with E-state index in [0.717, 1.165) is 0 Å². The van der Waals surface area contributed by atoms with Crippen molar-refractivity contribution in [2.24, 2.45) is 0 Å². The molecule has 2 aromatic carbocycles. The highest BCUT2D eigenvalue weighted by Crippen LogP contribution is 2.36. The number of aromatic amines is 1. The summed E-state index contributed by atoms with van der Waals surface area (Å²) in [7, 11) is 0. The van der Waals surface area contributed by atoms with Crippen molar-refractivity contribution >= 4 is 17.3 Å². The summed E-state index contributed by atoms with van der Waals surface area (Å²) in [5, 5.41) is 19.3. The first-order chi connectivity index (χ1) is 15.6. The number of halogens is 1. The normalized spacial score (nSPS) is 18.4. The molecule has 1 saturated heterocycles. The van der Waals surface area contributed by atoms with Crippen LogP contribution < -0.4 is 19.7 Å². The number of aromatic nitrogens is 2. The van der Waals surface area contributed by atoms with E-state index in [0.29, 0.717) is 59.9 Å². The van der Waals surface area contributed by atoms with Crippen LogP contribution in [0.2, 0.25) is 0 Å². The minimum Gasteiger partial charge on any atom is -0.485 e. The molecule has 1 atom stereocenters. The number of carbonyl (C=O) groups is 1. The van der Waals surface area contributed by atoms with E-state index in [1.54, 1.807) is 36.7 Å². The lowest BCUT2D eigenvalue weighted by Crippen LogP contribution is -2.41. The molecule has 5 rings (SSSR count). The number of aliphatic hydroxyl groups is 1. The summed E-state index contributed by atoms with van der Waals surface area (Å²) < 4.78 is 26.4. The van der Waals surface area contributed by atoms with E-state index in [4.69, 9.17) is 9.47 Å². The van der Waals surface area contributed by atoms with Gasteiger partial charge in [0.05, 0.1) is 23.7 Å². The third kappa shape index (κ3) is 3.99. The average molecular weight is 438 g/mol. The molecule has 32 heavy (non-hydrogen) atoms. The Kier molecular flexibility index (Phi) is 5.40. The van der Waals surface area contributed by atoms with E-state index in [1.807, 2.05) is 11.0 Å². The van der Waals surface area contributed by atoms with Crippen LogP contribution in [0.15, 0.2) is 48.8 Å². The summed E-state index contributed by atoms with van der Waals surface area (Å²) in [5.41, 5.74) is 2.02. The Morgan fingerprint density at radius 3 is 2.75 bits per heavy atom. The van der Waals surface area contributed by atoms with Crippen molar-refractivity contribution in [3.8, 4) is 22.6 Å². The minimum absolute atomic E-state index is 0.0592. The lowest BCUT2D eigenvalue weighted by atomic mass is 10.0. The fourth-order valence-corrected chi connectivity index (χ4v) is 4.01. The first kappa shape index (κ1) is 20.3. The number of benzene rings is 2. The number of nitrogens with one attached hydrogen (secondary N) is 2. The molecule has 1 aromatic heterocycles. The zero-order valence-electron chi connectivity index (χ0n) is 17.3. The lowest BCUT2D eigenvalue weighted by Gasteiger charge is -2.33. The number of amides is 1. The molecule has 166 valence electrons. The van der Waals surface area contributed by atoms with Crippen molar-refractivity contribution in [2.75, 3.05) is 29.9 Å². The molecule has 3 N–H and O–H groups in total. The molecule has 1 fully saturated rings. The van der Waals surface area contributed by atoms with Crippen molar-refractivity contribution in [1.29, 1.82) is 0 Å². The Balaban J connectivity index is 1.43. The van der Waals surface area contributed by atoms with Crippen molar-refractivity contribution in [2.45, 2.75) is 25.0 Å². The van der Waals surface area contributed by atoms with E-state index in [9.17, 15) is 9.90 Å². The molecule has 1 unspecified atom stereocenters. The molecule has 0 saturated carbocycles. The van der Waals surface area contributed by atoms with E-state index < -0.39 is 17.8 Å². The molecule has 3 heterocycles. The monoisotopic (exact) mass is 438 g/mol. The highest BCUT2D eigenvalue weighted by molar-refractivity contribution is 5.98. The van der Waals surface area contributed by atoms with Gasteiger partial charge in [-0.3, -0.25) is 9.89 Å². The van der Waals surface area contributed by atoms with Gasteiger partial charge >= 0.3 is 0 Å². The second kappa shape index (κ2) is 8.51. The topological polar surface area (TPSA) is 99.7 Å². The van der Waals surface area contributed by atoms with Gasteiger partial charge in [0.1, 0.15) is 12.4 Å². The van der Waals surface area contributed by atoms with Gasteiger partial charge in [0.25, 0.3) is 5.91 Å². The van der Waals surface area contributed by atoms with Gasteiger partial charge in [-0.25, -0.2) is 4.39 Å². The number of piperidine rings is 1. The van der Waals surface area contributed by atoms with Crippen LogP contribution in [0.5, 0.6) is 11.5 Å². The molecule has 9 heteroatoms. The molecule has 2 aliphatic heterocycles. The predicted octanol–water partition coefficient (Wildman–Crippen LogP) is 2.96. The summed E-state index contributed by atoms with van der Waals surface area (Å²) in [6.45, 7) is 1.25. The highest BCUT2D eigenvalue weighted by atomic mass is 19.1. The smallest absolute Gasteiger partial charge is 0.269 e. The van der Waals surface area contributed by atoms with Crippen LogP contribution in [0.3, 0.4) is 0 Å². The average Bonchev–Trinajstić information content (AvgIpc) is 3.34. The maximum atomic E-state index is 15.0. The predicted molar refractivity (Wildman–Crippen MR) is 116 cm³/mol. The number of fused-ring (bicyclic) bond motifs is 1. The lowest BCUT2D eigenvalue weighted by molar-refractivity contribution is -0.125. The third-order valence-electron chi connectivity index (χ3n) is 5.76. The van der Waals surface area contributed by atoms with Crippen LogP contribution in [0.4, 0.5) is 15.8 Å². The SMILES string of the molecule is O=C(Nc1cc(F)c(-c2cn[nH]c2)cc1N1CCC(O)CC1)C1COc2ccccc2O1. The van der Waals surface area contributed by atoms with Crippen LogP contribution in [0, 0.1) is 5.82 Å². The first-order valence-electron chi connectivity index (χ1n) is 10.5. The maximum Gasteiger partial charge on any atom is 0.269 e. The molecule has 0 spiro atoms. The minimum atomic E-state index is -0.863. The van der Waals surface area contributed by atoms with Gasteiger partial charge in [-0.15, -0.1) is 0 Å². The maximum absolute atomic E-state index is 15.0. The summed E-state index contributed by atoms with van der Waals surface area (Å²) in [4.78, 5) is 15.0. The van der Waals surface area contributed by atoms with Gasteiger partial charge < -0.3 is 24.8 Å². The summed E-state index contributed by atoms with van der Waals surface area (Å²) >= 11 is 0. The summed E-state index contributed by atoms with van der Waals surface area (Å²) in [6, 6.07) is 10.2. The Bertz CT molecular complexity index is 1110.